The van der Waals surface area contributed by atoms with Gasteiger partial charge in [-0.25, -0.2) is 0 Å². The molecule has 14 heavy (non-hydrogen) atoms. The van der Waals surface area contributed by atoms with Gasteiger partial charge in [-0.2, -0.15) is 0 Å². The van der Waals surface area contributed by atoms with Gasteiger partial charge in [0, 0.05) is 24.4 Å². The Morgan fingerprint density at radius 2 is 1.86 bits per heavy atom. The summed E-state index contributed by atoms with van der Waals surface area (Å²) in [5, 5.41) is 0. The molecule has 0 aliphatic rings. The molecule has 0 heterocycles. The number of carbonyl (C=O) groups excluding carboxylic acids is 1. The molecule has 0 aromatic heterocycles. The first-order chi connectivity index (χ1) is 6.29. The van der Waals surface area contributed by atoms with Crippen molar-refractivity contribution in [1.82, 2.24) is 4.90 Å². The number of ketones is 1. The van der Waals surface area contributed by atoms with Crippen LogP contribution in [0.5, 0.6) is 0 Å². The summed E-state index contributed by atoms with van der Waals surface area (Å²) in [5.74, 6) is 0.354. The van der Waals surface area contributed by atoms with Crippen molar-refractivity contribution in [2.75, 3.05) is 13.6 Å². The topological polar surface area (TPSA) is 20.3 Å². The van der Waals surface area contributed by atoms with Gasteiger partial charge >= 0.3 is 0 Å². The molecule has 0 saturated heterocycles. The second-order valence-corrected chi connectivity index (χ2v) is 5.16. The largest absolute Gasteiger partial charge is 0.303 e. The van der Waals surface area contributed by atoms with Crippen LogP contribution in [0.15, 0.2) is 0 Å². The van der Waals surface area contributed by atoms with Gasteiger partial charge < -0.3 is 4.90 Å². The fourth-order valence-electron chi connectivity index (χ4n) is 1.18. The quantitative estimate of drug-likeness (QED) is 0.678. The first kappa shape index (κ1) is 13.6. The van der Waals surface area contributed by atoms with E-state index < -0.39 is 0 Å². The Morgan fingerprint density at radius 3 is 2.21 bits per heavy atom. The van der Waals surface area contributed by atoms with Gasteiger partial charge in [0.2, 0.25) is 0 Å². The molecule has 0 fully saturated rings. The number of nitrogens with zero attached hydrogens (tertiary/aromatic N) is 1. The average molecular weight is 199 g/mol. The smallest absolute Gasteiger partial charge is 0.139 e. The molecule has 0 radical (unpaired) electrons. The molecule has 1 atom stereocenters. The van der Waals surface area contributed by atoms with E-state index in [9.17, 15) is 4.79 Å². The van der Waals surface area contributed by atoms with E-state index in [1.807, 2.05) is 20.8 Å². The minimum Gasteiger partial charge on any atom is -0.303 e. The standard InChI is InChI=1S/C12H25NO/c1-7-10(2)13(6)9-8-11(14)12(3,4)5/h10H,7-9H2,1-6H3. The van der Waals surface area contributed by atoms with Crippen LogP contribution in [0, 0.1) is 5.41 Å². The average Bonchev–Trinajstić information content (AvgIpc) is 2.10. The Hall–Kier alpha value is -0.370. The van der Waals surface area contributed by atoms with E-state index in [2.05, 4.69) is 25.8 Å². The van der Waals surface area contributed by atoms with Gasteiger partial charge in [0.15, 0.2) is 0 Å². The van der Waals surface area contributed by atoms with Crippen molar-refractivity contribution in [3.05, 3.63) is 0 Å². The van der Waals surface area contributed by atoms with E-state index in [0.29, 0.717) is 18.2 Å². The molecule has 0 bridgehead atoms. The minimum atomic E-state index is -0.184. The first-order valence-electron chi connectivity index (χ1n) is 5.52. The highest BCUT2D eigenvalue weighted by molar-refractivity contribution is 5.83. The molecule has 0 aromatic carbocycles. The van der Waals surface area contributed by atoms with E-state index in [0.717, 1.165) is 13.0 Å². The molecule has 0 spiro atoms. The molecule has 0 aliphatic heterocycles. The van der Waals surface area contributed by atoms with E-state index >= 15 is 0 Å². The van der Waals surface area contributed by atoms with Gasteiger partial charge in [0.1, 0.15) is 5.78 Å². The summed E-state index contributed by atoms with van der Waals surface area (Å²) in [6, 6.07) is 0.572. The van der Waals surface area contributed by atoms with Gasteiger partial charge in [-0.15, -0.1) is 0 Å². The highest BCUT2D eigenvalue weighted by Gasteiger charge is 2.21. The lowest BCUT2D eigenvalue weighted by Crippen LogP contribution is -2.32. The Morgan fingerprint density at radius 1 is 1.36 bits per heavy atom. The molecule has 0 saturated carbocycles. The lowest BCUT2D eigenvalue weighted by Gasteiger charge is -2.25. The maximum absolute atomic E-state index is 11.7. The van der Waals surface area contributed by atoms with Crippen LogP contribution in [-0.4, -0.2) is 30.3 Å². The van der Waals surface area contributed by atoms with Crippen molar-refractivity contribution < 1.29 is 4.79 Å². The summed E-state index contributed by atoms with van der Waals surface area (Å²) in [5.41, 5.74) is -0.184. The Balaban J connectivity index is 3.89. The van der Waals surface area contributed by atoms with E-state index in [4.69, 9.17) is 0 Å². The predicted octanol–water partition coefficient (Wildman–Crippen LogP) is 2.72. The van der Waals surface area contributed by atoms with Crippen molar-refractivity contribution >= 4 is 5.78 Å². The monoisotopic (exact) mass is 199 g/mol. The first-order valence-corrected chi connectivity index (χ1v) is 5.52. The summed E-state index contributed by atoms with van der Waals surface area (Å²) in [6.45, 7) is 11.2. The van der Waals surface area contributed by atoms with Crippen molar-refractivity contribution in [2.45, 2.75) is 53.5 Å². The number of hydrogen-bond acceptors (Lipinski definition) is 2. The van der Waals surface area contributed by atoms with Crippen LogP contribution in [-0.2, 0) is 4.79 Å². The SMILES string of the molecule is CCC(C)N(C)CCC(=O)C(C)(C)C. The highest BCUT2D eigenvalue weighted by Crippen LogP contribution is 2.17. The summed E-state index contributed by atoms with van der Waals surface area (Å²) in [4.78, 5) is 13.9. The fourth-order valence-corrected chi connectivity index (χ4v) is 1.18. The summed E-state index contributed by atoms with van der Waals surface area (Å²) >= 11 is 0. The Labute approximate surface area is 88.7 Å². The van der Waals surface area contributed by atoms with Gasteiger partial charge in [0.25, 0.3) is 0 Å². The third-order valence-electron chi connectivity index (χ3n) is 2.87. The van der Waals surface area contributed by atoms with Gasteiger partial charge in [0.05, 0.1) is 0 Å². The number of Topliss-reactive ketones (excluding diaryl/α,β-unsaturated/α-hetero) is 1. The van der Waals surface area contributed by atoms with Crippen LogP contribution in [0.25, 0.3) is 0 Å². The maximum Gasteiger partial charge on any atom is 0.139 e. The Bertz CT molecular complexity index is 181. The molecular weight excluding hydrogens is 174 g/mol. The molecule has 2 heteroatoms. The van der Waals surface area contributed by atoms with Crippen LogP contribution >= 0.6 is 0 Å². The van der Waals surface area contributed by atoms with E-state index in [1.165, 1.54) is 0 Å². The van der Waals surface area contributed by atoms with Crippen LogP contribution < -0.4 is 0 Å². The van der Waals surface area contributed by atoms with Crippen molar-refractivity contribution in [2.24, 2.45) is 5.41 Å². The summed E-state index contributed by atoms with van der Waals surface area (Å²) in [6.07, 6.45) is 1.81. The zero-order chi connectivity index (χ0) is 11.4. The minimum absolute atomic E-state index is 0.184. The second-order valence-electron chi connectivity index (χ2n) is 5.16. The fraction of sp³-hybridized carbons (Fsp3) is 0.917. The van der Waals surface area contributed by atoms with E-state index in [-0.39, 0.29) is 5.41 Å². The molecule has 0 rings (SSSR count). The lowest BCUT2D eigenvalue weighted by atomic mass is 9.89. The molecular formula is C12H25NO. The molecule has 0 N–H and O–H groups in total. The van der Waals surface area contributed by atoms with Crippen molar-refractivity contribution in [1.29, 1.82) is 0 Å². The predicted molar refractivity (Wildman–Crippen MR) is 61.5 cm³/mol. The number of hydrogen-bond donors (Lipinski definition) is 0. The summed E-state index contributed by atoms with van der Waals surface area (Å²) < 4.78 is 0. The number of rotatable bonds is 5. The molecule has 2 nitrogen and oxygen atoms in total. The zero-order valence-electron chi connectivity index (χ0n) is 10.6. The molecule has 1 unspecified atom stereocenters. The second kappa shape index (κ2) is 5.50. The van der Waals surface area contributed by atoms with Gasteiger partial charge in [-0.1, -0.05) is 27.7 Å². The maximum atomic E-state index is 11.7. The third-order valence-corrected chi connectivity index (χ3v) is 2.87. The van der Waals surface area contributed by atoms with Gasteiger partial charge in [-0.3, -0.25) is 4.79 Å². The molecule has 0 amide bonds. The molecule has 0 aliphatic carbocycles. The van der Waals surface area contributed by atoms with Gasteiger partial charge in [-0.05, 0) is 20.4 Å². The number of carbonyl (C=O) groups is 1. The van der Waals surface area contributed by atoms with Crippen LogP contribution in [0.1, 0.15) is 47.5 Å². The third kappa shape index (κ3) is 4.75. The molecule has 84 valence electrons. The normalized spacial score (nSPS) is 14.5. The highest BCUT2D eigenvalue weighted by atomic mass is 16.1. The molecule has 0 aromatic rings. The lowest BCUT2D eigenvalue weighted by molar-refractivity contribution is -0.126. The van der Waals surface area contributed by atoms with Crippen LogP contribution in [0.4, 0.5) is 0 Å². The van der Waals surface area contributed by atoms with Crippen molar-refractivity contribution in [3.8, 4) is 0 Å². The van der Waals surface area contributed by atoms with Crippen LogP contribution in [0.3, 0.4) is 0 Å². The zero-order valence-corrected chi connectivity index (χ0v) is 10.6. The van der Waals surface area contributed by atoms with E-state index in [1.54, 1.807) is 0 Å². The summed E-state index contributed by atoms with van der Waals surface area (Å²) in [7, 11) is 2.09. The van der Waals surface area contributed by atoms with Crippen LogP contribution in [0.2, 0.25) is 0 Å². The van der Waals surface area contributed by atoms with Crippen molar-refractivity contribution in [3.63, 3.8) is 0 Å². The Kier molecular flexibility index (Phi) is 5.35.